The van der Waals surface area contributed by atoms with Crippen LogP contribution in [0.3, 0.4) is 0 Å². The summed E-state index contributed by atoms with van der Waals surface area (Å²) in [5.41, 5.74) is -2.41. The van der Waals surface area contributed by atoms with Gasteiger partial charge in [0.2, 0.25) is 0 Å². The predicted molar refractivity (Wildman–Crippen MR) is 62.0 cm³/mol. The van der Waals surface area contributed by atoms with E-state index in [0.717, 1.165) is 0 Å². The minimum absolute atomic E-state index is 0.0141. The van der Waals surface area contributed by atoms with Crippen LogP contribution in [0.25, 0.3) is 11.3 Å². The van der Waals surface area contributed by atoms with E-state index in [1.807, 2.05) is 5.10 Å². The molecule has 0 amide bonds. The second-order valence-corrected chi connectivity index (χ2v) is 4.17. The minimum atomic E-state index is -4.75. The maximum absolute atomic E-state index is 12.8. The van der Waals surface area contributed by atoms with Crippen LogP contribution in [0.4, 0.5) is 13.2 Å². The summed E-state index contributed by atoms with van der Waals surface area (Å²) in [6.45, 7) is 0. The van der Waals surface area contributed by atoms with Gasteiger partial charge in [0, 0.05) is 0 Å². The molecule has 2 heterocycles. The standard InChI is InChI=1S/C10H4Cl2F3N3O/c11-5-3-1-2-4(16-5)6-7(9(12)19)17-18-8(6)10(13,14)15/h1-3H,(H,17,18). The molecule has 0 aromatic carbocycles. The zero-order chi connectivity index (χ0) is 14.2. The van der Waals surface area contributed by atoms with Gasteiger partial charge in [0.05, 0.1) is 11.3 Å². The predicted octanol–water partition coefficient (Wildman–Crippen LogP) is 3.52. The number of hydrogen-bond donors (Lipinski definition) is 1. The third kappa shape index (κ3) is 2.71. The monoisotopic (exact) mass is 309 g/mol. The fourth-order valence-electron chi connectivity index (χ4n) is 1.49. The molecule has 0 saturated carbocycles. The molecule has 0 radical (unpaired) electrons. The van der Waals surface area contributed by atoms with E-state index in [1.165, 1.54) is 18.2 Å². The molecular weight excluding hydrogens is 306 g/mol. The molecule has 1 N–H and O–H groups in total. The molecule has 4 nitrogen and oxygen atoms in total. The maximum Gasteiger partial charge on any atom is 0.435 e. The molecule has 0 spiro atoms. The van der Waals surface area contributed by atoms with Crippen LogP contribution in [-0.4, -0.2) is 20.4 Å². The van der Waals surface area contributed by atoms with Crippen molar-refractivity contribution in [1.82, 2.24) is 15.2 Å². The summed E-state index contributed by atoms with van der Waals surface area (Å²) in [6.07, 6.45) is -4.75. The Morgan fingerprint density at radius 2 is 2.00 bits per heavy atom. The van der Waals surface area contributed by atoms with Crippen molar-refractivity contribution >= 4 is 28.4 Å². The van der Waals surface area contributed by atoms with Crippen molar-refractivity contribution < 1.29 is 18.0 Å². The van der Waals surface area contributed by atoms with Gasteiger partial charge in [0.25, 0.3) is 5.24 Å². The summed E-state index contributed by atoms with van der Waals surface area (Å²) < 4.78 is 38.4. The molecule has 0 aliphatic heterocycles. The smallest absolute Gasteiger partial charge is 0.274 e. The van der Waals surface area contributed by atoms with E-state index < -0.39 is 28.4 Å². The molecule has 0 saturated heterocycles. The van der Waals surface area contributed by atoms with Gasteiger partial charge in [-0.25, -0.2) is 4.98 Å². The number of carbonyl (C=O) groups excluding carboxylic acids is 1. The first-order valence-corrected chi connectivity index (χ1v) is 5.54. The Morgan fingerprint density at radius 1 is 1.32 bits per heavy atom. The largest absolute Gasteiger partial charge is 0.435 e. The highest BCUT2D eigenvalue weighted by atomic mass is 35.5. The Hall–Kier alpha value is -1.60. The van der Waals surface area contributed by atoms with Gasteiger partial charge in [0.1, 0.15) is 10.8 Å². The number of aromatic amines is 1. The molecule has 0 bridgehead atoms. The van der Waals surface area contributed by atoms with Crippen LogP contribution < -0.4 is 0 Å². The van der Waals surface area contributed by atoms with E-state index in [-0.39, 0.29) is 10.8 Å². The summed E-state index contributed by atoms with van der Waals surface area (Å²) in [5.74, 6) is 0. The van der Waals surface area contributed by atoms with Crippen molar-refractivity contribution in [1.29, 1.82) is 0 Å². The molecular formula is C10H4Cl2F3N3O. The van der Waals surface area contributed by atoms with E-state index >= 15 is 0 Å². The van der Waals surface area contributed by atoms with Crippen molar-refractivity contribution in [2.24, 2.45) is 0 Å². The fraction of sp³-hybridized carbons (Fsp3) is 0.100. The van der Waals surface area contributed by atoms with E-state index in [9.17, 15) is 18.0 Å². The molecule has 2 aromatic rings. The van der Waals surface area contributed by atoms with Crippen molar-refractivity contribution in [2.45, 2.75) is 6.18 Å². The van der Waals surface area contributed by atoms with Crippen LogP contribution in [0.2, 0.25) is 5.15 Å². The van der Waals surface area contributed by atoms with Crippen LogP contribution in [-0.2, 0) is 6.18 Å². The van der Waals surface area contributed by atoms with E-state index in [1.54, 1.807) is 0 Å². The Labute approximate surface area is 114 Å². The first-order valence-electron chi connectivity index (χ1n) is 4.79. The first kappa shape index (κ1) is 13.8. The second-order valence-electron chi connectivity index (χ2n) is 3.44. The zero-order valence-corrected chi connectivity index (χ0v) is 10.4. The summed E-state index contributed by atoms with van der Waals surface area (Å²) in [5, 5.41) is 3.93. The highest BCUT2D eigenvalue weighted by Gasteiger charge is 2.39. The van der Waals surface area contributed by atoms with E-state index in [2.05, 4.69) is 10.1 Å². The van der Waals surface area contributed by atoms with Gasteiger partial charge in [-0.15, -0.1) is 0 Å². The van der Waals surface area contributed by atoms with E-state index in [0.29, 0.717) is 0 Å². The van der Waals surface area contributed by atoms with Gasteiger partial charge in [-0.2, -0.15) is 18.3 Å². The van der Waals surface area contributed by atoms with Crippen LogP contribution in [0, 0.1) is 0 Å². The lowest BCUT2D eigenvalue weighted by atomic mass is 10.1. The van der Waals surface area contributed by atoms with Gasteiger partial charge >= 0.3 is 6.18 Å². The molecule has 2 aromatic heterocycles. The fourth-order valence-corrected chi connectivity index (χ4v) is 1.79. The zero-order valence-electron chi connectivity index (χ0n) is 8.92. The van der Waals surface area contributed by atoms with Gasteiger partial charge in [-0.3, -0.25) is 9.89 Å². The molecule has 0 atom stereocenters. The summed E-state index contributed by atoms with van der Waals surface area (Å²) in [4.78, 5) is 14.9. The molecule has 2 rings (SSSR count). The van der Waals surface area contributed by atoms with E-state index in [4.69, 9.17) is 23.2 Å². The number of H-pyrrole nitrogens is 1. The molecule has 0 aliphatic carbocycles. The Balaban J connectivity index is 2.72. The third-order valence-corrected chi connectivity index (χ3v) is 2.60. The van der Waals surface area contributed by atoms with Crippen LogP contribution in [0.15, 0.2) is 18.2 Å². The quantitative estimate of drug-likeness (QED) is 0.682. The number of rotatable bonds is 2. The van der Waals surface area contributed by atoms with Crippen LogP contribution >= 0.6 is 23.2 Å². The molecule has 0 unspecified atom stereocenters. The average Bonchev–Trinajstić information content (AvgIpc) is 2.72. The van der Waals surface area contributed by atoms with Crippen molar-refractivity contribution in [2.75, 3.05) is 0 Å². The third-order valence-electron chi connectivity index (χ3n) is 2.20. The van der Waals surface area contributed by atoms with Crippen molar-refractivity contribution in [3.8, 4) is 11.3 Å². The second kappa shape index (κ2) is 4.82. The summed E-state index contributed by atoms with van der Waals surface area (Å²) in [7, 11) is 0. The summed E-state index contributed by atoms with van der Waals surface area (Å²) in [6, 6.07) is 4.07. The number of nitrogens with one attached hydrogen (secondary N) is 1. The lowest BCUT2D eigenvalue weighted by Crippen LogP contribution is -2.08. The molecule has 0 aliphatic rings. The summed E-state index contributed by atoms with van der Waals surface area (Å²) >= 11 is 10.8. The SMILES string of the molecule is O=C(Cl)c1[nH]nc(C(F)(F)F)c1-c1cccc(Cl)n1. The molecule has 0 fully saturated rings. The Bertz CT molecular complexity index is 639. The molecule has 9 heteroatoms. The first-order chi connectivity index (χ1) is 8.80. The number of halogens is 5. The topological polar surface area (TPSA) is 58.6 Å². The van der Waals surface area contributed by atoms with Crippen LogP contribution in [0.1, 0.15) is 16.2 Å². The minimum Gasteiger partial charge on any atom is -0.274 e. The highest BCUT2D eigenvalue weighted by molar-refractivity contribution is 6.68. The highest BCUT2D eigenvalue weighted by Crippen LogP contribution is 2.37. The Kier molecular flexibility index (Phi) is 3.51. The number of alkyl halides is 3. The van der Waals surface area contributed by atoms with Gasteiger partial charge < -0.3 is 0 Å². The number of pyridine rings is 1. The van der Waals surface area contributed by atoms with Gasteiger partial charge in [0.15, 0.2) is 5.69 Å². The molecule has 19 heavy (non-hydrogen) atoms. The Morgan fingerprint density at radius 3 is 2.53 bits per heavy atom. The normalized spacial score (nSPS) is 11.6. The lowest BCUT2D eigenvalue weighted by molar-refractivity contribution is -0.140. The van der Waals surface area contributed by atoms with Crippen molar-refractivity contribution in [3.63, 3.8) is 0 Å². The average molecular weight is 310 g/mol. The number of nitrogens with zero attached hydrogens (tertiary/aromatic N) is 2. The number of hydrogen-bond acceptors (Lipinski definition) is 3. The number of carbonyl (C=O) groups is 1. The maximum atomic E-state index is 12.8. The van der Waals surface area contributed by atoms with Crippen molar-refractivity contribution in [3.05, 3.63) is 34.7 Å². The lowest BCUT2D eigenvalue weighted by Gasteiger charge is -2.06. The van der Waals surface area contributed by atoms with Gasteiger partial charge in [-0.1, -0.05) is 17.7 Å². The number of aromatic nitrogens is 3. The molecule has 100 valence electrons. The van der Waals surface area contributed by atoms with Crippen LogP contribution in [0.5, 0.6) is 0 Å². The van der Waals surface area contributed by atoms with Gasteiger partial charge in [-0.05, 0) is 23.7 Å².